The van der Waals surface area contributed by atoms with E-state index in [1.807, 2.05) is 6.07 Å². The van der Waals surface area contributed by atoms with E-state index in [1.54, 1.807) is 11.3 Å². The first-order chi connectivity index (χ1) is 14.3. The molecule has 0 fully saturated rings. The summed E-state index contributed by atoms with van der Waals surface area (Å²) in [5.41, 5.74) is 3.66. The van der Waals surface area contributed by atoms with Crippen molar-refractivity contribution in [1.29, 1.82) is 0 Å². The topological polar surface area (TPSA) is 25.4 Å². The van der Waals surface area contributed by atoms with Crippen LogP contribution < -0.4 is 9.64 Å². The summed E-state index contributed by atoms with van der Waals surface area (Å²) in [5, 5.41) is 1.05. The Morgan fingerprint density at radius 1 is 1.07 bits per heavy atom. The van der Waals surface area contributed by atoms with Crippen molar-refractivity contribution in [3.63, 3.8) is 0 Å². The number of para-hydroxylation sites is 1. The van der Waals surface area contributed by atoms with Crippen molar-refractivity contribution in [3.8, 4) is 5.75 Å². The van der Waals surface area contributed by atoms with E-state index in [0.29, 0.717) is 6.61 Å². The molecule has 150 valence electrons. The molecule has 1 aliphatic carbocycles. The van der Waals surface area contributed by atoms with E-state index in [2.05, 4.69) is 72.5 Å². The number of fused-ring (bicyclic) bond motifs is 1. The molecule has 0 saturated carbocycles. The fourth-order valence-corrected chi connectivity index (χ4v) is 4.63. The Balaban J connectivity index is 1.44. The minimum atomic E-state index is 0.614. The summed E-state index contributed by atoms with van der Waals surface area (Å²) < 4.78 is 6.06. The van der Waals surface area contributed by atoms with Crippen LogP contribution in [0.4, 0.5) is 10.8 Å². The highest BCUT2D eigenvalue weighted by atomic mass is 32.1. The largest absolute Gasteiger partial charge is 0.492 e. The van der Waals surface area contributed by atoms with Gasteiger partial charge in [-0.2, -0.15) is 0 Å². The van der Waals surface area contributed by atoms with Crippen LogP contribution in [0.2, 0.25) is 0 Å². The predicted octanol–water partition coefficient (Wildman–Crippen LogP) is 6.66. The molecular weight excluding hydrogens is 376 g/mol. The average molecular weight is 405 g/mol. The molecular formula is C25H28N2OS. The number of aryl methyl sites for hydroxylation is 2. The second-order valence-corrected chi connectivity index (χ2v) is 8.39. The van der Waals surface area contributed by atoms with Crippen molar-refractivity contribution < 1.29 is 4.74 Å². The standard InChI is InChI=1S/C25H28N2OS/c1-2-3-9-20-14-16-22(17-15-20)28-19-18-27(21-10-5-4-6-11-21)25-26-23-12-7-8-13-24(23)29-25/h4-7,10-12,14-17H,2-3,8-9,13,18-19H2,1H3. The number of nitrogens with zero attached hydrogens (tertiary/aromatic N) is 2. The van der Waals surface area contributed by atoms with Crippen LogP contribution in [0.1, 0.15) is 42.3 Å². The molecule has 0 amide bonds. The van der Waals surface area contributed by atoms with Crippen LogP contribution in [0.15, 0.2) is 60.7 Å². The van der Waals surface area contributed by atoms with Crippen LogP contribution in [0.3, 0.4) is 0 Å². The molecule has 4 rings (SSSR count). The molecule has 0 N–H and O–H groups in total. The van der Waals surface area contributed by atoms with E-state index < -0.39 is 0 Å². The number of hydrogen-bond donors (Lipinski definition) is 0. The third-order valence-corrected chi connectivity index (χ3v) is 6.31. The van der Waals surface area contributed by atoms with Gasteiger partial charge in [0, 0.05) is 10.6 Å². The molecule has 1 aliphatic rings. The summed E-state index contributed by atoms with van der Waals surface area (Å²) in [5.74, 6) is 0.930. The van der Waals surface area contributed by atoms with Gasteiger partial charge in [0.25, 0.3) is 0 Å². The number of anilines is 2. The maximum atomic E-state index is 6.06. The van der Waals surface area contributed by atoms with E-state index in [1.165, 1.54) is 23.3 Å². The minimum Gasteiger partial charge on any atom is -0.492 e. The predicted molar refractivity (Wildman–Crippen MR) is 123 cm³/mol. The molecule has 0 spiro atoms. The lowest BCUT2D eigenvalue weighted by atomic mass is 10.1. The van der Waals surface area contributed by atoms with Gasteiger partial charge in [0.2, 0.25) is 0 Å². The van der Waals surface area contributed by atoms with Gasteiger partial charge in [0.05, 0.1) is 12.2 Å². The number of allylic oxidation sites excluding steroid dienone is 1. The molecule has 0 saturated heterocycles. The van der Waals surface area contributed by atoms with E-state index >= 15 is 0 Å². The third-order valence-electron chi connectivity index (χ3n) is 5.15. The molecule has 3 nitrogen and oxygen atoms in total. The molecule has 0 radical (unpaired) electrons. The molecule has 0 bridgehead atoms. The van der Waals surface area contributed by atoms with E-state index in [4.69, 9.17) is 9.72 Å². The summed E-state index contributed by atoms with van der Waals surface area (Å²) in [6.07, 6.45) is 10.2. The van der Waals surface area contributed by atoms with Crippen molar-refractivity contribution in [1.82, 2.24) is 4.98 Å². The van der Waals surface area contributed by atoms with E-state index in [0.717, 1.165) is 48.1 Å². The number of ether oxygens (including phenoxy) is 1. The number of aromatic nitrogens is 1. The Kier molecular flexibility index (Phi) is 6.63. The third kappa shape index (κ3) is 5.07. The zero-order chi connectivity index (χ0) is 19.9. The maximum Gasteiger partial charge on any atom is 0.190 e. The van der Waals surface area contributed by atoms with Crippen molar-refractivity contribution in [2.75, 3.05) is 18.1 Å². The molecule has 29 heavy (non-hydrogen) atoms. The van der Waals surface area contributed by atoms with Crippen LogP contribution in [0.5, 0.6) is 5.75 Å². The normalized spacial score (nSPS) is 12.6. The zero-order valence-corrected chi connectivity index (χ0v) is 17.8. The van der Waals surface area contributed by atoms with Crippen LogP contribution in [-0.4, -0.2) is 18.1 Å². The van der Waals surface area contributed by atoms with Crippen LogP contribution in [-0.2, 0) is 12.8 Å². The first-order valence-corrected chi connectivity index (χ1v) is 11.4. The van der Waals surface area contributed by atoms with Crippen LogP contribution in [0, 0.1) is 0 Å². The molecule has 2 aromatic carbocycles. The first kappa shape index (κ1) is 19.7. The molecule has 1 aromatic heterocycles. The highest BCUT2D eigenvalue weighted by molar-refractivity contribution is 7.15. The average Bonchev–Trinajstić information content (AvgIpc) is 3.20. The van der Waals surface area contributed by atoms with Crippen LogP contribution >= 0.6 is 11.3 Å². The lowest BCUT2D eigenvalue weighted by Gasteiger charge is -2.22. The monoisotopic (exact) mass is 404 g/mol. The highest BCUT2D eigenvalue weighted by Crippen LogP contribution is 2.34. The lowest BCUT2D eigenvalue weighted by molar-refractivity contribution is 0.327. The summed E-state index contributed by atoms with van der Waals surface area (Å²) in [4.78, 5) is 8.55. The van der Waals surface area contributed by atoms with Gasteiger partial charge >= 0.3 is 0 Å². The second kappa shape index (κ2) is 9.75. The fraction of sp³-hybridized carbons (Fsp3) is 0.320. The molecule has 4 heteroatoms. The van der Waals surface area contributed by atoms with E-state index in [9.17, 15) is 0 Å². The quantitative estimate of drug-likeness (QED) is 0.398. The summed E-state index contributed by atoms with van der Waals surface area (Å²) in [6.45, 7) is 3.60. The minimum absolute atomic E-state index is 0.614. The van der Waals surface area contributed by atoms with Gasteiger partial charge in [-0.25, -0.2) is 4.98 Å². The number of rotatable bonds is 9. The van der Waals surface area contributed by atoms with Gasteiger partial charge in [0.15, 0.2) is 5.13 Å². The lowest BCUT2D eigenvalue weighted by Crippen LogP contribution is -2.23. The molecule has 0 aliphatic heterocycles. The summed E-state index contributed by atoms with van der Waals surface area (Å²) >= 11 is 1.80. The fourth-order valence-electron chi connectivity index (χ4n) is 3.52. The van der Waals surface area contributed by atoms with Crippen LogP contribution in [0.25, 0.3) is 6.08 Å². The smallest absolute Gasteiger partial charge is 0.190 e. The van der Waals surface area contributed by atoms with Gasteiger partial charge in [-0.1, -0.05) is 49.8 Å². The zero-order valence-electron chi connectivity index (χ0n) is 17.0. The maximum absolute atomic E-state index is 6.06. The van der Waals surface area contributed by atoms with Gasteiger partial charge < -0.3 is 9.64 Å². The summed E-state index contributed by atoms with van der Waals surface area (Å²) in [6, 6.07) is 19.0. The Hall–Kier alpha value is -2.59. The summed E-state index contributed by atoms with van der Waals surface area (Å²) in [7, 11) is 0. The Morgan fingerprint density at radius 2 is 1.90 bits per heavy atom. The van der Waals surface area contributed by atoms with Crippen molar-refractivity contribution in [2.24, 2.45) is 0 Å². The van der Waals surface area contributed by atoms with Crippen molar-refractivity contribution in [2.45, 2.75) is 39.0 Å². The van der Waals surface area contributed by atoms with Gasteiger partial charge in [-0.05, 0) is 61.6 Å². The molecule has 1 heterocycles. The molecule has 0 unspecified atom stereocenters. The van der Waals surface area contributed by atoms with E-state index in [-0.39, 0.29) is 0 Å². The van der Waals surface area contributed by atoms with Gasteiger partial charge in [-0.3, -0.25) is 0 Å². The Bertz CT molecular complexity index is 931. The Labute approximate surface area is 177 Å². The van der Waals surface area contributed by atoms with Crippen molar-refractivity contribution in [3.05, 3.63) is 76.8 Å². The number of benzene rings is 2. The van der Waals surface area contributed by atoms with Crippen molar-refractivity contribution >= 4 is 28.2 Å². The Morgan fingerprint density at radius 3 is 2.66 bits per heavy atom. The highest BCUT2D eigenvalue weighted by Gasteiger charge is 2.18. The first-order valence-electron chi connectivity index (χ1n) is 10.5. The number of hydrogen-bond acceptors (Lipinski definition) is 4. The van der Waals surface area contributed by atoms with Gasteiger partial charge in [0.1, 0.15) is 12.4 Å². The molecule has 0 atom stereocenters. The number of thiazole rings is 1. The SMILES string of the molecule is CCCCc1ccc(OCCN(c2ccccc2)c2nc3c(s2)CCC=C3)cc1. The van der Waals surface area contributed by atoms with Gasteiger partial charge in [-0.15, -0.1) is 11.3 Å². The second-order valence-electron chi connectivity index (χ2n) is 7.33. The molecule has 3 aromatic rings. The number of unbranched alkanes of at least 4 members (excludes halogenated alkanes) is 1.